The van der Waals surface area contributed by atoms with Gasteiger partial charge in [0, 0.05) is 18.5 Å². The summed E-state index contributed by atoms with van der Waals surface area (Å²) in [6.07, 6.45) is 3.51. The molecule has 152 valence electrons. The first kappa shape index (κ1) is 22.0. The van der Waals surface area contributed by atoms with Gasteiger partial charge in [0.15, 0.2) is 0 Å². The number of hydrogen-bond donors (Lipinski definition) is 1. The zero-order valence-electron chi connectivity index (χ0n) is 16.0. The molecule has 0 unspecified atom stereocenters. The van der Waals surface area contributed by atoms with Crippen molar-refractivity contribution >= 4 is 29.1 Å². The largest absolute Gasteiger partial charge is 0.487 e. The third kappa shape index (κ3) is 4.56. The molecule has 2 N–H and O–H groups in total. The molecule has 28 heavy (non-hydrogen) atoms. The summed E-state index contributed by atoms with van der Waals surface area (Å²) in [6, 6.07) is 4.45. The van der Waals surface area contributed by atoms with Crippen molar-refractivity contribution in [3.8, 4) is 18.1 Å². The lowest BCUT2D eigenvalue weighted by molar-refractivity contribution is -0.131. The lowest BCUT2D eigenvalue weighted by Gasteiger charge is -2.44. The number of halogens is 3. The first-order valence-electron chi connectivity index (χ1n) is 8.78. The van der Waals surface area contributed by atoms with Crippen molar-refractivity contribution in [2.24, 2.45) is 5.73 Å². The van der Waals surface area contributed by atoms with Gasteiger partial charge in [-0.2, -0.15) is 0 Å². The molecule has 0 heterocycles. The summed E-state index contributed by atoms with van der Waals surface area (Å²) in [4.78, 5) is 25.9. The number of hydrogen-bond acceptors (Lipinski definition) is 3. The van der Waals surface area contributed by atoms with E-state index in [4.69, 9.17) is 28.5 Å². The molecule has 1 saturated carbocycles. The highest BCUT2D eigenvalue weighted by Crippen LogP contribution is 2.44. The number of ether oxygens (including phenoxy) is 1. The molecule has 0 radical (unpaired) electrons. The van der Waals surface area contributed by atoms with E-state index in [0.717, 1.165) is 4.90 Å². The fourth-order valence-corrected chi connectivity index (χ4v) is 3.49. The average Bonchev–Trinajstić information content (AvgIpc) is 2.57. The van der Waals surface area contributed by atoms with E-state index in [1.807, 2.05) is 26.7 Å². The third-order valence-electron chi connectivity index (χ3n) is 4.61. The van der Waals surface area contributed by atoms with Crippen molar-refractivity contribution in [2.45, 2.75) is 63.5 Å². The number of rotatable bonds is 4. The number of anilines is 1. The molecular formula is C20H23ClF2N2O3. The highest BCUT2D eigenvalue weighted by Gasteiger charge is 2.52. The first-order valence-corrected chi connectivity index (χ1v) is 9.16. The molecule has 0 saturated heterocycles. The predicted molar refractivity (Wildman–Crippen MR) is 103 cm³/mol. The van der Waals surface area contributed by atoms with Crippen LogP contribution >= 0.6 is 11.6 Å². The van der Waals surface area contributed by atoms with Gasteiger partial charge >= 0.3 is 5.91 Å². The Hall–Kier alpha value is -2.33. The maximum atomic E-state index is 13.7. The molecule has 0 aromatic heterocycles. The Labute approximate surface area is 168 Å². The molecule has 0 aliphatic heterocycles. The lowest BCUT2D eigenvalue weighted by Crippen LogP contribution is -2.62. The van der Waals surface area contributed by atoms with Crippen LogP contribution in [0.4, 0.5) is 14.5 Å². The van der Waals surface area contributed by atoms with Crippen LogP contribution < -0.4 is 15.4 Å². The van der Waals surface area contributed by atoms with E-state index in [0.29, 0.717) is 5.75 Å². The summed E-state index contributed by atoms with van der Waals surface area (Å²) in [6.45, 7) is 5.53. The Morgan fingerprint density at radius 2 is 1.82 bits per heavy atom. The Balaban J connectivity index is 2.52. The monoisotopic (exact) mass is 412 g/mol. The third-order valence-corrected chi connectivity index (χ3v) is 4.91. The van der Waals surface area contributed by atoms with E-state index >= 15 is 0 Å². The van der Waals surface area contributed by atoms with Gasteiger partial charge in [0.25, 0.3) is 0 Å². The standard InChI is InChI=1S/C20H23ClF2N2O3/c1-5-16(26)25(19(17(24)27)8-10-20(22,23)11-9-19)13-6-7-15(14(21)12-13)28-18(2,3)4/h1,6-7,12H,8-11H2,2-4H3,(H2,24,27). The summed E-state index contributed by atoms with van der Waals surface area (Å²) >= 11 is 6.29. The lowest BCUT2D eigenvalue weighted by atomic mass is 9.77. The number of carbonyl (C=O) groups is 2. The second-order valence-electron chi connectivity index (χ2n) is 7.87. The van der Waals surface area contributed by atoms with Gasteiger partial charge in [-0.05, 0) is 57.7 Å². The fraction of sp³-hybridized carbons (Fsp3) is 0.500. The quantitative estimate of drug-likeness (QED) is 0.762. The van der Waals surface area contributed by atoms with Crippen molar-refractivity contribution in [3.63, 3.8) is 0 Å². The average molecular weight is 413 g/mol. The van der Waals surface area contributed by atoms with Crippen molar-refractivity contribution in [3.05, 3.63) is 23.2 Å². The maximum Gasteiger partial charge on any atom is 0.303 e. The van der Waals surface area contributed by atoms with Crippen molar-refractivity contribution < 1.29 is 23.1 Å². The topological polar surface area (TPSA) is 72.6 Å². The molecule has 0 atom stereocenters. The highest BCUT2D eigenvalue weighted by atomic mass is 35.5. The van der Waals surface area contributed by atoms with Gasteiger partial charge in [-0.15, -0.1) is 6.42 Å². The van der Waals surface area contributed by atoms with Crippen LogP contribution in [0, 0.1) is 12.3 Å². The number of amides is 2. The van der Waals surface area contributed by atoms with Crippen LogP contribution in [0.25, 0.3) is 0 Å². The number of alkyl halides is 2. The van der Waals surface area contributed by atoms with Gasteiger partial charge in [-0.1, -0.05) is 11.6 Å². The molecular weight excluding hydrogens is 390 g/mol. The predicted octanol–water partition coefficient (Wildman–Crippen LogP) is 3.92. The number of benzene rings is 1. The Morgan fingerprint density at radius 3 is 2.25 bits per heavy atom. The van der Waals surface area contributed by atoms with E-state index in [1.165, 1.54) is 18.2 Å². The first-order chi connectivity index (χ1) is 12.8. The minimum atomic E-state index is -2.92. The van der Waals surface area contributed by atoms with Gasteiger partial charge < -0.3 is 10.5 Å². The molecule has 0 spiro atoms. The van der Waals surface area contributed by atoms with Crippen LogP contribution in [-0.4, -0.2) is 28.9 Å². The molecule has 1 fully saturated rings. The molecule has 1 aliphatic carbocycles. The summed E-state index contributed by atoms with van der Waals surface area (Å²) in [5, 5.41) is 0.183. The van der Waals surface area contributed by atoms with E-state index in [-0.39, 0.29) is 23.6 Å². The fourth-order valence-electron chi connectivity index (χ4n) is 3.27. The molecule has 1 aromatic rings. The number of primary amides is 1. The van der Waals surface area contributed by atoms with Gasteiger partial charge in [0.05, 0.1) is 5.02 Å². The summed E-state index contributed by atoms with van der Waals surface area (Å²) in [5.74, 6) is -2.35. The number of carbonyl (C=O) groups excluding carboxylic acids is 2. The highest BCUT2D eigenvalue weighted by molar-refractivity contribution is 6.32. The van der Waals surface area contributed by atoms with Crippen molar-refractivity contribution in [1.29, 1.82) is 0 Å². The van der Waals surface area contributed by atoms with Gasteiger partial charge in [0.2, 0.25) is 11.8 Å². The van der Waals surface area contributed by atoms with Crippen molar-refractivity contribution in [1.82, 2.24) is 0 Å². The molecule has 2 amide bonds. The van der Waals surface area contributed by atoms with Crippen LogP contribution in [-0.2, 0) is 9.59 Å². The van der Waals surface area contributed by atoms with Gasteiger partial charge in [0.1, 0.15) is 16.9 Å². The molecule has 1 aromatic carbocycles. The van der Waals surface area contributed by atoms with Crippen LogP contribution in [0.15, 0.2) is 18.2 Å². The van der Waals surface area contributed by atoms with Gasteiger partial charge in [-0.25, -0.2) is 8.78 Å². The minimum absolute atomic E-state index is 0.183. The number of nitrogens with zero attached hydrogens (tertiary/aromatic N) is 1. The molecule has 0 bridgehead atoms. The second-order valence-corrected chi connectivity index (χ2v) is 8.27. The van der Waals surface area contributed by atoms with Crippen LogP contribution in [0.5, 0.6) is 5.75 Å². The zero-order valence-corrected chi connectivity index (χ0v) is 16.8. The van der Waals surface area contributed by atoms with E-state index < -0.39 is 41.7 Å². The molecule has 1 aliphatic rings. The molecule has 5 nitrogen and oxygen atoms in total. The van der Waals surface area contributed by atoms with Gasteiger partial charge in [-0.3, -0.25) is 14.5 Å². The Morgan fingerprint density at radius 1 is 1.25 bits per heavy atom. The summed E-state index contributed by atoms with van der Waals surface area (Å²) in [5.41, 5.74) is 3.60. The summed E-state index contributed by atoms with van der Waals surface area (Å²) in [7, 11) is 0. The van der Waals surface area contributed by atoms with E-state index in [9.17, 15) is 18.4 Å². The van der Waals surface area contributed by atoms with Crippen LogP contribution in [0.3, 0.4) is 0 Å². The minimum Gasteiger partial charge on any atom is -0.487 e. The zero-order chi connectivity index (χ0) is 21.3. The van der Waals surface area contributed by atoms with Crippen LogP contribution in [0.1, 0.15) is 46.5 Å². The maximum absolute atomic E-state index is 13.7. The van der Waals surface area contributed by atoms with E-state index in [1.54, 1.807) is 0 Å². The SMILES string of the molecule is C#CC(=O)N(c1ccc(OC(C)(C)C)c(Cl)c1)C1(C(N)=O)CCC(F)(F)CC1. The normalized spacial score (nSPS) is 18.0. The number of terminal acetylenes is 1. The Bertz CT molecular complexity index is 818. The Kier molecular flexibility index (Phi) is 5.95. The smallest absolute Gasteiger partial charge is 0.303 e. The van der Waals surface area contributed by atoms with Crippen LogP contribution in [0.2, 0.25) is 5.02 Å². The van der Waals surface area contributed by atoms with E-state index in [2.05, 4.69) is 0 Å². The summed E-state index contributed by atoms with van der Waals surface area (Å²) < 4.78 is 33.1. The molecule has 2 rings (SSSR count). The van der Waals surface area contributed by atoms with Crippen molar-refractivity contribution in [2.75, 3.05) is 4.90 Å². The molecule has 8 heteroatoms. The second kappa shape index (κ2) is 7.59. The number of nitrogens with two attached hydrogens (primary N) is 1.